The van der Waals surface area contributed by atoms with Crippen molar-refractivity contribution < 1.29 is 19.1 Å². The van der Waals surface area contributed by atoms with Gasteiger partial charge in [-0.05, 0) is 43.7 Å². The Morgan fingerprint density at radius 3 is 2.77 bits per heavy atom. The second kappa shape index (κ2) is 6.16. The molecule has 116 valence electrons. The Hall–Kier alpha value is -1.75. The van der Waals surface area contributed by atoms with Crippen molar-refractivity contribution >= 4 is 23.5 Å². The summed E-state index contributed by atoms with van der Waals surface area (Å²) >= 11 is 1.58. The summed E-state index contributed by atoms with van der Waals surface area (Å²) < 4.78 is 10.8. The molecule has 4 nitrogen and oxygen atoms in total. The van der Waals surface area contributed by atoms with Crippen LogP contribution in [0.5, 0.6) is 5.75 Å². The number of hydrogen-bond acceptors (Lipinski definition) is 5. The van der Waals surface area contributed by atoms with E-state index in [4.69, 9.17) is 9.47 Å². The Labute approximate surface area is 133 Å². The van der Waals surface area contributed by atoms with Crippen LogP contribution in [-0.2, 0) is 9.53 Å². The van der Waals surface area contributed by atoms with Crippen LogP contribution in [0.1, 0.15) is 29.6 Å². The average Bonchev–Trinajstić information content (AvgIpc) is 2.98. The molecule has 2 aliphatic carbocycles. The van der Waals surface area contributed by atoms with Crippen LogP contribution in [0.15, 0.2) is 34.9 Å². The predicted octanol–water partition coefficient (Wildman–Crippen LogP) is 3.46. The van der Waals surface area contributed by atoms with Crippen LogP contribution in [0.3, 0.4) is 0 Å². The summed E-state index contributed by atoms with van der Waals surface area (Å²) in [5.41, 5.74) is 0.383. The molecule has 0 unspecified atom stereocenters. The number of hydrogen-bond donors (Lipinski definition) is 0. The smallest absolute Gasteiger partial charge is 0.347 e. The summed E-state index contributed by atoms with van der Waals surface area (Å²) in [4.78, 5) is 25.3. The van der Waals surface area contributed by atoms with E-state index in [0.29, 0.717) is 17.1 Å². The van der Waals surface area contributed by atoms with Crippen molar-refractivity contribution in [3.8, 4) is 5.75 Å². The third-order valence-corrected chi connectivity index (χ3v) is 5.09. The summed E-state index contributed by atoms with van der Waals surface area (Å²) in [7, 11) is 1.53. The summed E-state index contributed by atoms with van der Waals surface area (Å²) in [6, 6.07) is 5.37. The first-order valence-electron chi connectivity index (χ1n) is 7.32. The van der Waals surface area contributed by atoms with Crippen molar-refractivity contribution in [3.63, 3.8) is 0 Å². The van der Waals surface area contributed by atoms with E-state index in [1.807, 2.05) is 18.4 Å². The van der Waals surface area contributed by atoms with Crippen molar-refractivity contribution in [2.24, 2.45) is 11.8 Å². The number of carbonyl (C=O) groups excluding carboxylic acids is 2. The molecule has 2 bridgehead atoms. The molecule has 0 saturated heterocycles. The molecule has 5 heteroatoms. The Morgan fingerprint density at radius 2 is 2.05 bits per heavy atom. The first-order valence-corrected chi connectivity index (χ1v) is 8.54. The molecule has 1 fully saturated rings. The van der Waals surface area contributed by atoms with E-state index in [1.165, 1.54) is 13.2 Å². The summed E-state index contributed by atoms with van der Waals surface area (Å²) in [5, 5.41) is 0. The molecule has 1 saturated carbocycles. The first-order chi connectivity index (χ1) is 10.6. The highest BCUT2D eigenvalue weighted by molar-refractivity contribution is 7.98. The number of methoxy groups -OCH3 is 1. The van der Waals surface area contributed by atoms with Gasteiger partial charge in [-0.2, -0.15) is 0 Å². The van der Waals surface area contributed by atoms with Crippen molar-refractivity contribution in [1.82, 2.24) is 0 Å². The van der Waals surface area contributed by atoms with Gasteiger partial charge in [0.2, 0.25) is 0 Å². The monoisotopic (exact) mass is 318 g/mol. The molecule has 0 N–H and O–H groups in total. The molecule has 0 aliphatic heterocycles. The number of ketones is 1. The van der Waals surface area contributed by atoms with Crippen LogP contribution in [0.25, 0.3) is 0 Å². The van der Waals surface area contributed by atoms with Crippen LogP contribution in [0.4, 0.5) is 0 Å². The zero-order chi connectivity index (χ0) is 15.7. The van der Waals surface area contributed by atoms with Crippen molar-refractivity contribution in [2.75, 3.05) is 13.4 Å². The Balaban J connectivity index is 1.81. The molecule has 3 rings (SSSR count). The largest absolute Gasteiger partial charge is 0.496 e. The standard InChI is InChI=1S/C17H18O4S/c1-20-16-8-12(22-2)5-6-13(16)17(19)21-15-9-14(18)10-3-4-11(15)7-10/h5-6,8-11H,3-4,7H2,1-2H3/t10-,11+/m0/s1. The quantitative estimate of drug-likeness (QED) is 0.628. The van der Waals surface area contributed by atoms with E-state index >= 15 is 0 Å². The van der Waals surface area contributed by atoms with Crippen LogP contribution >= 0.6 is 11.8 Å². The molecule has 1 aromatic carbocycles. The second-order valence-corrected chi connectivity index (χ2v) is 6.49. The molecule has 0 amide bonds. The number of thioether (sulfide) groups is 1. The maximum Gasteiger partial charge on any atom is 0.347 e. The lowest BCUT2D eigenvalue weighted by Gasteiger charge is -2.19. The third-order valence-electron chi connectivity index (χ3n) is 4.36. The van der Waals surface area contributed by atoms with Gasteiger partial charge >= 0.3 is 5.97 Å². The van der Waals surface area contributed by atoms with E-state index in [1.54, 1.807) is 17.8 Å². The zero-order valence-corrected chi connectivity index (χ0v) is 13.4. The number of benzene rings is 1. The number of rotatable bonds is 4. The maximum absolute atomic E-state index is 12.4. The van der Waals surface area contributed by atoms with Gasteiger partial charge in [-0.1, -0.05) is 0 Å². The predicted molar refractivity (Wildman–Crippen MR) is 84.1 cm³/mol. The molecular weight excluding hydrogens is 300 g/mol. The van der Waals surface area contributed by atoms with E-state index in [0.717, 1.165) is 24.2 Å². The lowest BCUT2D eigenvalue weighted by Crippen LogP contribution is -2.19. The van der Waals surface area contributed by atoms with Crippen molar-refractivity contribution in [3.05, 3.63) is 35.6 Å². The summed E-state index contributed by atoms with van der Waals surface area (Å²) in [6.07, 6.45) is 6.08. The fourth-order valence-corrected chi connectivity index (χ4v) is 3.55. The molecule has 0 radical (unpaired) electrons. The van der Waals surface area contributed by atoms with Gasteiger partial charge in [-0.25, -0.2) is 4.79 Å². The summed E-state index contributed by atoms with van der Waals surface area (Å²) in [6.45, 7) is 0. The minimum absolute atomic E-state index is 0.0845. The van der Waals surface area contributed by atoms with Crippen molar-refractivity contribution in [2.45, 2.75) is 24.2 Å². The molecule has 1 aromatic rings. The van der Waals surface area contributed by atoms with E-state index in [-0.39, 0.29) is 17.6 Å². The topological polar surface area (TPSA) is 52.6 Å². The van der Waals surface area contributed by atoms with Gasteiger partial charge in [0.15, 0.2) is 5.78 Å². The van der Waals surface area contributed by atoms with Crippen LogP contribution < -0.4 is 4.74 Å². The van der Waals surface area contributed by atoms with E-state index in [9.17, 15) is 9.59 Å². The average molecular weight is 318 g/mol. The van der Waals surface area contributed by atoms with Gasteiger partial charge in [0.25, 0.3) is 0 Å². The summed E-state index contributed by atoms with van der Waals surface area (Å²) in [5.74, 6) is 0.949. The molecule has 2 aliphatic rings. The zero-order valence-electron chi connectivity index (χ0n) is 12.6. The minimum Gasteiger partial charge on any atom is -0.496 e. The Morgan fingerprint density at radius 1 is 1.27 bits per heavy atom. The van der Waals surface area contributed by atoms with Gasteiger partial charge in [-0.3, -0.25) is 4.79 Å². The van der Waals surface area contributed by atoms with Gasteiger partial charge in [-0.15, -0.1) is 11.8 Å². The Bertz CT molecular complexity index is 650. The Kier molecular flexibility index (Phi) is 4.25. The molecule has 22 heavy (non-hydrogen) atoms. The SMILES string of the molecule is COc1cc(SC)ccc1C(=O)OC1=CC(=O)[C@H]2CC[C@@H]1C2. The number of fused-ring (bicyclic) bond motifs is 2. The number of carbonyl (C=O) groups is 2. The maximum atomic E-state index is 12.4. The normalized spacial score (nSPS) is 23.2. The highest BCUT2D eigenvalue weighted by atomic mass is 32.2. The van der Waals surface area contributed by atoms with Crippen LogP contribution in [0, 0.1) is 11.8 Å². The first kappa shape index (κ1) is 15.2. The van der Waals surface area contributed by atoms with Crippen LogP contribution in [0.2, 0.25) is 0 Å². The number of ether oxygens (including phenoxy) is 2. The highest BCUT2D eigenvalue weighted by Crippen LogP contribution is 2.41. The number of allylic oxidation sites excluding steroid dienone is 2. The third kappa shape index (κ3) is 2.77. The minimum atomic E-state index is -0.464. The van der Waals surface area contributed by atoms with Gasteiger partial charge in [0.1, 0.15) is 17.1 Å². The lowest BCUT2D eigenvalue weighted by atomic mass is 9.93. The molecular formula is C17H18O4S. The van der Waals surface area contributed by atoms with Gasteiger partial charge in [0.05, 0.1) is 7.11 Å². The lowest BCUT2D eigenvalue weighted by molar-refractivity contribution is -0.118. The molecule has 0 aromatic heterocycles. The molecule has 0 heterocycles. The fraction of sp³-hybridized carbons (Fsp3) is 0.412. The molecule has 0 spiro atoms. The van der Waals surface area contributed by atoms with Crippen molar-refractivity contribution in [1.29, 1.82) is 0 Å². The van der Waals surface area contributed by atoms with Crippen LogP contribution in [-0.4, -0.2) is 25.1 Å². The highest BCUT2D eigenvalue weighted by Gasteiger charge is 2.37. The van der Waals surface area contributed by atoms with E-state index < -0.39 is 5.97 Å². The fourth-order valence-electron chi connectivity index (χ4n) is 3.12. The molecule has 2 atom stereocenters. The van der Waals surface area contributed by atoms with Gasteiger partial charge in [0, 0.05) is 22.8 Å². The number of esters is 1. The van der Waals surface area contributed by atoms with E-state index in [2.05, 4.69) is 0 Å². The van der Waals surface area contributed by atoms with Gasteiger partial charge < -0.3 is 9.47 Å². The second-order valence-electron chi connectivity index (χ2n) is 5.61.